The number of aryl methyl sites for hydroxylation is 1. The van der Waals surface area contributed by atoms with Crippen LogP contribution in [0.5, 0.6) is 5.75 Å². The van der Waals surface area contributed by atoms with E-state index in [1.165, 1.54) is 6.42 Å². The fraction of sp³-hybridized carbons (Fsp3) is 0.462. The number of amidine groups is 1. The molecule has 1 aromatic rings. The largest absolute Gasteiger partial charge is 0.496 e. The molecule has 0 spiro atoms. The number of ether oxygens (including phenoxy) is 1. The quantitative estimate of drug-likeness (QED) is 0.893. The van der Waals surface area contributed by atoms with Crippen LogP contribution in [-0.4, -0.2) is 24.1 Å². The van der Waals surface area contributed by atoms with Crippen LogP contribution < -0.4 is 10.1 Å². The van der Waals surface area contributed by atoms with E-state index in [2.05, 4.69) is 23.3 Å². The van der Waals surface area contributed by atoms with Gasteiger partial charge in [-0.25, -0.2) is 0 Å². The third-order valence-electron chi connectivity index (χ3n) is 2.82. The Bertz CT molecular complexity index is 431. The van der Waals surface area contributed by atoms with Gasteiger partial charge in [0.1, 0.15) is 5.75 Å². The molecule has 0 radical (unpaired) electrons. The lowest BCUT2D eigenvalue weighted by molar-refractivity contribution is 0.412. The van der Waals surface area contributed by atoms with Gasteiger partial charge in [0.2, 0.25) is 0 Å². The molecule has 0 aromatic heterocycles. The van der Waals surface area contributed by atoms with E-state index in [1.807, 2.05) is 30.8 Å². The first-order valence-corrected chi connectivity index (χ1v) is 6.73. The molecule has 1 unspecified atom stereocenters. The van der Waals surface area contributed by atoms with E-state index in [-0.39, 0.29) is 0 Å². The maximum absolute atomic E-state index is 5.24. The zero-order valence-electron chi connectivity index (χ0n) is 10.5. The molecule has 1 N–H and O–H groups in total. The summed E-state index contributed by atoms with van der Waals surface area (Å²) >= 11 is 1.83. The lowest BCUT2D eigenvalue weighted by Gasteiger charge is -2.10. The number of benzene rings is 1. The van der Waals surface area contributed by atoms with Gasteiger partial charge < -0.3 is 10.1 Å². The third-order valence-corrected chi connectivity index (χ3v) is 4.09. The molecule has 92 valence electrons. The van der Waals surface area contributed by atoms with Crippen molar-refractivity contribution < 1.29 is 4.74 Å². The van der Waals surface area contributed by atoms with Crippen LogP contribution in [0.3, 0.4) is 0 Å². The Kier molecular flexibility index (Phi) is 3.94. The SMILES string of the molecule is CCC1CN=C(Nc2ccc(OC)c(C)c2)S1. The lowest BCUT2D eigenvalue weighted by atomic mass is 10.2. The van der Waals surface area contributed by atoms with Crippen molar-refractivity contribution in [1.82, 2.24) is 0 Å². The molecule has 1 atom stereocenters. The molecule has 0 fully saturated rings. The van der Waals surface area contributed by atoms with Crippen molar-refractivity contribution in [2.45, 2.75) is 25.5 Å². The van der Waals surface area contributed by atoms with Crippen molar-refractivity contribution in [2.75, 3.05) is 19.0 Å². The van der Waals surface area contributed by atoms with Gasteiger partial charge in [0.05, 0.1) is 13.7 Å². The maximum atomic E-state index is 5.24. The zero-order chi connectivity index (χ0) is 12.3. The highest BCUT2D eigenvalue weighted by Gasteiger charge is 2.17. The molecule has 1 aromatic carbocycles. The molecule has 0 aliphatic carbocycles. The summed E-state index contributed by atoms with van der Waals surface area (Å²) in [6.45, 7) is 5.18. The van der Waals surface area contributed by atoms with E-state index in [1.54, 1.807) is 7.11 Å². The molecule has 2 rings (SSSR count). The first-order valence-electron chi connectivity index (χ1n) is 5.85. The van der Waals surface area contributed by atoms with E-state index in [0.717, 1.165) is 28.7 Å². The van der Waals surface area contributed by atoms with Gasteiger partial charge in [-0.3, -0.25) is 4.99 Å². The molecule has 0 saturated carbocycles. The van der Waals surface area contributed by atoms with Crippen LogP contribution >= 0.6 is 11.8 Å². The van der Waals surface area contributed by atoms with Gasteiger partial charge in [0, 0.05) is 10.9 Å². The van der Waals surface area contributed by atoms with Crippen LogP contribution in [-0.2, 0) is 0 Å². The first-order chi connectivity index (χ1) is 8.22. The van der Waals surface area contributed by atoms with Crippen LogP contribution in [0.2, 0.25) is 0 Å². The normalized spacial score (nSPS) is 19.0. The highest BCUT2D eigenvalue weighted by Crippen LogP contribution is 2.26. The number of thioether (sulfide) groups is 1. The molecular formula is C13H18N2OS. The Morgan fingerprint density at radius 3 is 2.94 bits per heavy atom. The Labute approximate surface area is 107 Å². The topological polar surface area (TPSA) is 33.6 Å². The number of methoxy groups -OCH3 is 1. The summed E-state index contributed by atoms with van der Waals surface area (Å²) in [6.07, 6.45) is 1.17. The highest BCUT2D eigenvalue weighted by molar-refractivity contribution is 8.15. The summed E-state index contributed by atoms with van der Waals surface area (Å²) < 4.78 is 5.24. The number of hydrogen-bond donors (Lipinski definition) is 1. The molecule has 0 saturated heterocycles. The maximum Gasteiger partial charge on any atom is 0.161 e. The van der Waals surface area contributed by atoms with Crippen molar-refractivity contribution in [3.05, 3.63) is 23.8 Å². The predicted molar refractivity (Wildman–Crippen MR) is 75.3 cm³/mol. The Balaban J connectivity index is 2.02. The average Bonchev–Trinajstić information content (AvgIpc) is 2.77. The predicted octanol–water partition coefficient (Wildman–Crippen LogP) is 3.30. The molecule has 4 heteroatoms. The van der Waals surface area contributed by atoms with Gasteiger partial charge in [0.15, 0.2) is 5.17 Å². The number of anilines is 1. The zero-order valence-corrected chi connectivity index (χ0v) is 11.3. The van der Waals surface area contributed by atoms with E-state index < -0.39 is 0 Å². The molecule has 1 aliphatic heterocycles. The molecule has 0 amide bonds. The molecule has 1 heterocycles. The smallest absolute Gasteiger partial charge is 0.161 e. The molecule has 1 aliphatic rings. The number of nitrogens with one attached hydrogen (secondary N) is 1. The van der Waals surface area contributed by atoms with Crippen LogP contribution in [0.25, 0.3) is 0 Å². The number of nitrogens with zero attached hydrogens (tertiary/aromatic N) is 1. The average molecular weight is 250 g/mol. The highest BCUT2D eigenvalue weighted by atomic mass is 32.2. The van der Waals surface area contributed by atoms with Gasteiger partial charge in [-0.15, -0.1) is 0 Å². The van der Waals surface area contributed by atoms with Gasteiger partial charge >= 0.3 is 0 Å². The van der Waals surface area contributed by atoms with Gasteiger partial charge in [-0.05, 0) is 37.1 Å². The van der Waals surface area contributed by atoms with Gasteiger partial charge in [-0.1, -0.05) is 18.7 Å². The third kappa shape index (κ3) is 2.94. The standard InChI is InChI=1S/C13H18N2OS/c1-4-11-8-14-13(17-11)15-10-5-6-12(16-3)9(2)7-10/h5-7,11H,4,8H2,1-3H3,(H,14,15). The lowest BCUT2D eigenvalue weighted by Crippen LogP contribution is -2.07. The summed E-state index contributed by atoms with van der Waals surface area (Å²) in [5.74, 6) is 0.919. The summed E-state index contributed by atoms with van der Waals surface area (Å²) in [5.41, 5.74) is 2.21. The molecule has 17 heavy (non-hydrogen) atoms. The van der Waals surface area contributed by atoms with E-state index in [4.69, 9.17) is 4.74 Å². The second-order valence-electron chi connectivity index (χ2n) is 4.10. The van der Waals surface area contributed by atoms with Crippen LogP contribution in [0.15, 0.2) is 23.2 Å². The summed E-state index contributed by atoms with van der Waals surface area (Å²) in [4.78, 5) is 4.49. The van der Waals surface area contributed by atoms with E-state index in [0.29, 0.717) is 5.25 Å². The molecule has 0 bridgehead atoms. The minimum Gasteiger partial charge on any atom is -0.496 e. The number of hydrogen-bond acceptors (Lipinski definition) is 4. The van der Waals surface area contributed by atoms with E-state index >= 15 is 0 Å². The minimum absolute atomic E-state index is 0.636. The van der Waals surface area contributed by atoms with Crippen LogP contribution in [0.1, 0.15) is 18.9 Å². The van der Waals surface area contributed by atoms with Crippen LogP contribution in [0.4, 0.5) is 5.69 Å². The van der Waals surface area contributed by atoms with Crippen LogP contribution in [0, 0.1) is 6.92 Å². The Morgan fingerprint density at radius 2 is 2.35 bits per heavy atom. The number of rotatable bonds is 3. The summed E-state index contributed by atoms with van der Waals surface area (Å²) in [6, 6.07) is 6.09. The van der Waals surface area contributed by atoms with E-state index in [9.17, 15) is 0 Å². The Morgan fingerprint density at radius 1 is 1.53 bits per heavy atom. The summed E-state index contributed by atoms with van der Waals surface area (Å²) in [7, 11) is 1.69. The second kappa shape index (κ2) is 5.45. The molecule has 3 nitrogen and oxygen atoms in total. The molecular weight excluding hydrogens is 232 g/mol. The van der Waals surface area contributed by atoms with Crippen molar-refractivity contribution in [3.8, 4) is 5.75 Å². The minimum atomic E-state index is 0.636. The van der Waals surface area contributed by atoms with Crippen molar-refractivity contribution in [2.24, 2.45) is 4.99 Å². The van der Waals surface area contributed by atoms with Crippen molar-refractivity contribution in [1.29, 1.82) is 0 Å². The number of aliphatic imine (C=N–C) groups is 1. The van der Waals surface area contributed by atoms with Gasteiger partial charge in [0.25, 0.3) is 0 Å². The monoisotopic (exact) mass is 250 g/mol. The Hall–Kier alpha value is -1.16. The fourth-order valence-electron chi connectivity index (χ4n) is 1.78. The fourth-order valence-corrected chi connectivity index (χ4v) is 2.74. The first kappa shape index (κ1) is 12.3. The summed E-state index contributed by atoms with van der Waals surface area (Å²) in [5, 5.41) is 5.02. The second-order valence-corrected chi connectivity index (χ2v) is 5.39. The van der Waals surface area contributed by atoms with Crippen molar-refractivity contribution in [3.63, 3.8) is 0 Å². The van der Waals surface area contributed by atoms with Crippen molar-refractivity contribution >= 4 is 22.6 Å². The van der Waals surface area contributed by atoms with Gasteiger partial charge in [-0.2, -0.15) is 0 Å².